The van der Waals surface area contributed by atoms with Crippen molar-refractivity contribution >= 4 is 48.1 Å². The molecule has 3 rings (SSSR count). The number of rotatable bonds is 2. The standard InChI is InChI=1S/C18H24O2S2Si2/c1-23(2,3)15-11-7-9-13-17(15)21(19)14-10-8-12-16(24(4,5)6)18(14)22(13)20/h7-12H,1-6H3. The number of fused-ring (bicyclic) bond motifs is 2. The number of benzene rings is 2. The van der Waals surface area contributed by atoms with Crippen LogP contribution in [0.25, 0.3) is 0 Å². The topological polar surface area (TPSA) is 34.1 Å². The molecule has 2 atom stereocenters. The van der Waals surface area contributed by atoms with Crippen LogP contribution in [0.1, 0.15) is 0 Å². The Morgan fingerprint density at radius 2 is 0.958 bits per heavy atom. The third kappa shape index (κ3) is 2.83. The van der Waals surface area contributed by atoms with E-state index in [2.05, 4.69) is 51.4 Å². The molecule has 0 amide bonds. The van der Waals surface area contributed by atoms with Gasteiger partial charge in [0.15, 0.2) is 0 Å². The molecule has 0 saturated carbocycles. The van der Waals surface area contributed by atoms with Crippen molar-refractivity contribution in [2.75, 3.05) is 0 Å². The monoisotopic (exact) mass is 392 g/mol. The van der Waals surface area contributed by atoms with Crippen molar-refractivity contribution in [2.45, 2.75) is 58.9 Å². The van der Waals surface area contributed by atoms with Crippen molar-refractivity contribution in [1.29, 1.82) is 0 Å². The SMILES string of the molecule is C[Si](C)(C)c1cccc2c1S(=O)c1cccc([Si](C)(C)C)c1S2=O. The summed E-state index contributed by atoms with van der Waals surface area (Å²) in [5.41, 5.74) is 0. The van der Waals surface area contributed by atoms with E-state index in [0.29, 0.717) is 0 Å². The van der Waals surface area contributed by atoms with Gasteiger partial charge in [0.05, 0.1) is 57.3 Å². The summed E-state index contributed by atoms with van der Waals surface area (Å²) in [6.45, 7) is 13.5. The fourth-order valence-electron chi connectivity index (χ4n) is 3.11. The Hall–Kier alpha value is -0.826. The Kier molecular flexibility index (Phi) is 4.39. The average molecular weight is 393 g/mol. The third-order valence-electron chi connectivity index (χ3n) is 4.34. The molecule has 24 heavy (non-hydrogen) atoms. The highest BCUT2D eigenvalue weighted by Gasteiger charge is 2.36. The summed E-state index contributed by atoms with van der Waals surface area (Å²) >= 11 is 0. The third-order valence-corrected chi connectivity index (χ3v) is 12.1. The van der Waals surface area contributed by atoms with Crippen LogP contribution in [0, 0.1) is 0 Å². The fourth-order valence-corrected chi connectivity index (χ4v) is 11.9. The van der Waals surface area contributed by atoms with Gasteiger partial charge >= 0.3 is 0 Å². The zero-order chi connectivity index (χ0) is 17.9. The predicted octanol–water partition coefficient (Wildman–Crippen LogP) is 3.42. The molecule has 1 aliphatic rings. The second-order valence-corrected chi connectivity index (χ2v) is 21.2. The van der Waals surface area contributed by atoms with Gasteiger partial charge in [-0.2, -0.15) is 0 Å². The van der Waals surface area contributed by atoms with Crippen LogP contribution in [0.3, 0.4) is 0 Å². The van der Waals surface area contributed by atoms with Crippen LogP contribution in [0.5, 0.6) is 0 Å². The van der Waals surface area contributed by atoms with Crippen molar-refractivity contribution in [3.63, 3.8) is 0 Å². The van der Waals surface area contributed by atoms with Crippen LogP contribution in [0.2, 0.25) is 39.3 Å². The first-order valence-electron chi connectivity index (χ1n) is 8.14. The van der Waals surface area contributed by atoms with Crippen LogP contribution in [0.4, 0.5) is 0 Å². The van der Waals surface area contributed by atoms with Crippen LogP contribution in [0.15, 0.2) is 56.0 Å². The summed E-state index contributed by atoms with van der Waals surface area (Å²) in [6, 6.07) is 11.9. The summed E-state index contributed by atoms with van der Waals surface area (Å²) in [5.74, 6) is 0. The van der Waals surface area contributed by atoms with Gasteiger partial charge in [0, 0.05) is 0 Å². The Morgan fingerprint density at radius 3 is 1.25 bits per heavy atom. The highest BCUT2D eigenvalue weighted by Crippen LogP contribution is 2.35. The van der Waals surface area contributed by atoms with Gasteiger partial charge in [0.25, 0.3) is 0 Å². The van der Waals surface area contributed by atoms with E-state index in [1.807, 2.05) is 24.3 Å². The maximum absolute atomic E-state index is 13.4. The minimum absolute atomic E-state index is 0.756. The molecule has 0 bridgehead atoms. The highest BCUT2D eigenvalue weighted by molar-refractivity contribution is 7.91. The molecule has 128 valence electrons. The molecule has 2 unspecified atom stereocenters. The lowest BCUT2D eigenvalue weighted by atomic mass is 10.3. The van der Waals surface area contributed by atoms with E-state index in [1.54, 1.807) is 0 Å². The van der Waals surface area contributed by atoms with E-state index in [0.717, 1.165) is 30.0 Å². The van der Waals surface area contributed by atoms with E-state index in [9.17, 15) is 8.42 Å². The molecule has 0 spiro atoms. The molecule has 1 aliphatic heterocycles. The maximum Gasteiger partial charge on any atom is 0.0873 e. The van der Waals surface area contributed by atoms with Crippen molar-refractivity contribution in [1.82, 2.24) is 0 Å². The van der Waals surface area contributed by atoms with Gasteiger partial charge in [0.1, 0.15) is 0 Å². The summed E-state index contributed by atoms with van der Waals surface area (Å²) in [6.07, 6.45) is 0. The Balaban J connectivity index is 2.35. The van der Waals surface area contributed by atoms with E-state index >= 15 is 0 Å². The fraction of sp³-hybridized carbons (Fsp3) is 0.333. The normalized spacial score (nSPS) is 20.4. The van der Waals surface area contributed by atoms with Gasteiger partial charge < -0.3 is 0 Å². The van der Waals surface area contributed by atoms with E-state index in [-0.39, 0.29) is 0 Å². The summed E-state index contributed by atoms with van der Waals surface area (Å²) in [7, 11) is -5.85. The molecule has 6 heteroatoms. The molecule has 1 heterocycles. The number of hydrogen-bond donors (Lipinski definition) is 0. The molecule has 0 N–H and O–H groups in total. The zero-order valence-corrected chi connectivity index (χ0v) is 18.7. The van der Waals surface area contributed by atoms with Crippen molar-refractivity contribution in [2.24, 2.45) is 0 Å². The lowest BCUT2D eigenvalue weighted by Crippen LogP contribution is -2.44. The molecule has 2 nitrogen and oxygen atoms in total. The Morgan fingerprint density at radius 1 is 0.625 bits per heavy atom. The largest absolute Gasteiger partial charge is 0.249 e. The van der Waals surface area contributed by atoms with Gasteiger partial charge in [-0.05, 0) is 22.5 Å². The van der Waals surface area contributed by atoms with Crippen LogP contribution in [-0.4, -0.2) is 24.6 Å². The van der Waals surface area contributed by atoms with Gasteiger partial charge in [0.2, 0.25) is 0 Å². The first-order chi connectivity index (χ1) is 11.0. The molecule has 0 fully saturated rings. The molecule has 2 aromatic carbocycles. The minimum Gasteiger partial charge on any atom is -0.249 e. The molecule has 0 saturated heterocycles. The smallest absolute Gasteiger partial charge is 0.0873 e. The molecule has 0 aromatic heterocycles. The van der Waals surface area contributed by atoms with Gasteiger partial charge in [-0.25, -0.2) is 8.42 Å². The van der Waals surface area contributed by atoms with Gasteiger partial charge in [-0.1, -0.05) is 63.5 Å². The van der Waals surface area contributed by atoms with Gasteiger partial charge in [-0.3, -0.25) is 0 Å². The first kappa shape index (κ1) is 18.0. The van der Waals surface area contributed by atoms with E-state index < -0.39 is 37.7 Å². The second kappa shape index (κ2) is 5.86. The zero-order valence-electron chi connectivity index (χ0n) is 15.1. The summed E-state index contributed by atoms with van der Waals surface area (Å²) in [5, 5.41) is 2.33. The molecule has 0 radical (unpaired) electrons. The first-order valence-corrected chi connectivity index (χ1v) is 17.4. The van der Waals surface area contributed by atoms with Crippen molar-refractivity contribution < 1.29 is 8.42 Å². The lowest BCUT2D eigenvalue weighted by Gasteiger charge is -2.29. The van der Waals surface area contributed by atoms with Crippen LogP contribution < -0.4 is 10.4 Å². The number of hydrogen-bond acceptors (Lipinski definition) is 2. The highest BCUT2D eigenvalue weighted by atomic mass is 32.2. The molecule has 0 aliphatic carbocycles. The molecular formula is C18H24O2S2Si2. The van der Waals surface area contributed by atoms with Crippen LogP contribution >= 0.6 is 0 Å². The lowest BCUT2D eigenvalue weighted by molar-refractivity contribution is 0.667. The second-order valence-electron chi connectivity index (χ2n) is 8.30. The molecular weight excluding hydrogens is 369 g/mol. The van der Waals surface area contributed by atoms with E-state index in [4.69, 9.17) is 0 Å². The Labute approximate surface area is 151 Å². The average Bonchev–Trinajstić information content (AvgIpc) is 2.49. The summed E-state index contributed by atoms with van der Waals surface area (Å²) in [4.78, 5) is 3.14. The summed E-state index contributed by atoms with van der Waals surface area (Å²) < 4.78 is 26.8. The quantitative estimate of drug-likeness (QED) is 0.626. The van der Waals surface area contributed by atoms with Crippen LogP contribution in [-0.2, 0) is 21.6 Å². The minimum atomic E-state index is -1.67. The van der Waals surface area contributed by atoms with Gasteiger partial charge in [-0.15, -0.1) is 0 Å². The Bertz CT molecular complexity index is 804. The van der Waals surface area contributed by atoms with Crippen molar-refractivity contribution in [3.8, 4) is 0 Å². The molecule has 2 aromatic rings. The van der Waals surface area contributed by atoms with Crippen molar-refractivity contribution in [3.05, 3.63) is 36.4 Å². The van der Waals surface area contributed by atoms with E-state index in [1.165, 1.54) is 0 Å². The predicted molar refractivity (Wildman–Crippen MR) is 108 cm³/mol. The maximum atomic E-state index is 13.4.